The number of carbonyl (C=O) groups excluding carboxylic acids is 3. The number of rotatable bonds is 4. The number of benzene rings is 2. The van der Waals surface area contributed by atoms with Crippen LogP contribution in [0.5, 0.6) is 0 Å². The summed E-state index contributed by atoms with van der Waals surface area (Å²) in [5, 5.41) is 0.723. The molecule has 0 bridgehead atoms. The summed E-state index contributed by atoms with van der Waals surface area (Å²) in [5.41, 5.74) is 1.95. The molecule has 1 fully saturated rings. The maximum absolute atomic E-state index is 13.0. The van der Waals surface area contributed by atoms with Gasteiger partial charge in [0.25, 0.3) is 11.8 Å². The van der Waals surface area contributed by atoms with Crippen molar-refractivity contribution in [2.45, 2.75) is 19.5 Å². The zero-order valence-corrected chi connectivity index (χ0v) is 17.0. The first-order valence-corrected chi connectivity index (χ1v) is 10.2. The number of quaternary nitrogens is 1. The average molecular weight is 413 g/mol. The van der Waals surface area contributed by atoms with Crippen LogP contribution in [-0.4, -0.2) is 59.7 Å². The van der Waals surface area contributed by atoms with Crippen molar-refractivity contribution in [3.05, 3.63) is 70.2 Å². The van der Waals surface area contributed by atoms with E-state index >= 15 is 0 Å². The Balaban J connectivity index is 1.37. The van der Waals surface area contributed by atoms with E-state index in [1.807, 2.05) is 24.3 Å². The van der Waals surface area contributed by atoms with E-state index in [2.05, 4.69) is 0 Å². The van der Waals surface area contributed by atoms with Gasteiger partial charge in [-0.05, 0) is 31.2 Å². The standard InChI is InChI=1S/C22H22ClN3O3/c1-15(26-21(28)18-4-2-3-5-19(18)22(26)29)20(27)25-12-10-24(11-13-25)14-16-6-8-17(23)9-7-16/h2-9,15H,10-14H2,1H3/p+1. The molecule has 2 aliphatic heterocycles. The van der Waals surface area contributed by atoms with Crippen LogP contribution in [0.15, 0.2) is 48.5 Å². The highest BCUT2D eigenvalue weighted by molar-refractivity contribution is 6.30. The highest BCUT2D eigenvalue weighted by Gasteiger charge is 2.42. The lowest BCUT2D eigenvalue weighted by Gasteiger charge is -2.35. The molecule has 0 spiro atoms. The molecular formula is C22H23ClN3O3+. The van der Waals surface area contributed by atoms with Crippen LogP contribution >= 0.6 is 11.6 Å². The van der Waals surface area contributed by atoms with Crippen LogP contribution in [0.25, 0.3) is 0 Å². The summed E-state index contributed by atoms with van der Waals surface area (Å²) in [6, 6.07) is 13.7. The number of hydrogen-bond acceptors (Lipinski definition) is 3. The van der Waals surface area contributed by atoms with Crippen LogP contribution in [-0.2, 0) is 11.3 Å². The molecule has 2 aromatic rings. The first kappa shape index (κ1) is 19.6. The first-order chi connectivity index (χ1) is 14.0. The number of hydrogen-bond donors (Lipinski definition) is 1. The quantitative estimate of drug-likeness (QED) is 0.769. The molecule has 1 atom stereocenters. The summed E-state index contributed by atoms with van der Waals surface area (Å²) < 4.78 is 0. The Morgan fingerprint density at radius 1 is 1.00 bits per heavy atom. The van der Waals surface area contributed by atoms with Gasteiger partial charge in [0.15, 0.2) is 0 Å². The molecule has 7 heteroatoms. The van der Waals surface area contributed by atoms with Gasteiger partial charge in [-0.1, -0.05) is 35.9 Å². The molecule has 2 aromatic carbocycles. The van der Waals surface area contributed by atoms with Crippen molar-refractivity contribution in [3.8, 4) is 0 Å². The lowest BCUT2D eigenvalue weighted by Crippen LogP contribution is -3.13. The molecule has 2 heterocycles. The molecule has 1 saturated heterocycles. The number of fused-ring (bicyclic) bond motifs is 1. The number of carbonyl (C=O) groups is 3. The van der Waals surface area contributed by atoms with E-state index in [4.69, 9.17) is 11.6 Å². The van der Waals surface area contributed by atoms with Crippen molar-refractivity contribution in [1.29, 1.82) is 0 Å². The minimum atomic E-state index is -0.805. The van der Waals surface area contributed by atoms with Crippen molar-refractivity contribution in [2.75, 3.05) is 26.2 Å². The van der Waals surface area contributed by atoms with Crippen LogP contribution in [0, 0.1) is 0 Å². The summed E-state index contributed by atoms with van der Waals surface area (Å²) in [4.78, 5) is 42.5. The lowest BCUT2D eigenvalue weighted by molar-refractivity contribution is -0.917. The molecule has 4 rings (SSSR count). The minimum Gasteiger partial charge on any atom is -0.330 e. The van der Waals surface area contributed by atoms with E-state index in [-0.39, 0.29) is 5.91 Å². The summed E-state index contributed by atoms with van der Waals surface area (Å²) in [6.07, 6.45) is 0. The second-order valence-corrected chi connectivity index (χ2v) is 8.02. The first-order valence-electron chi connectivity index (χ1n) is 9.79. The van der Waals surface area contributed by atoms with E-state index in [9.17, 15) is 14.4 Å². The third-order valence-corrected chi connectivity index (χ3v) is 5.97. The largest absolute Gasteiger partial charge is 0.330 e. The highest BCUT2D eigenvalue weighted by Crippen LogP contribution is 2.25. The van der Waals surface area contributed by atoms with Gasteiger partial charge in [0.2, 0.25) is 5.91 Å². The van der Waals surface area contributed by atoms with E-state index in [1.54, 1.807) is 36.1 Å². The van der Waals surface area contributed by atoms with Gasteiger partial charge in [0.05, 0.1) is 37.3 Å². The van der Waals surface area contributed by atoms with Crippen LogP contribution < -0.4 is 4.90 Å². The number of piperazine rings is 1. The number of halogens is 1. The third kappa shape index (κ3) is 3.78. The van der Waals surface area contributed by atoms with E-state index in [1.165, 1.54) is 10.5 Å². The number of nitrogens with one attached hydrogen (secondary N) is 1. The molecule has 3 amide bonds. The molecular weight excluding hydrogens is 390 g/mol. The van der Waals surface area contributed by atoms with Crippen LogP contribution in [0.3, 0.4) is 0 Å². The molecule has 0 aliphatic carbocycles. The summed E-state index contributed by atoms with van der Waals surface area (Å²) in [7, 11) is 0. The van der Waals surface area contributed by atoms with Gasteiger partial charge in [-0.25, -0.2) is 0 Å². The molecule has 1 N–H and O–H groups in total. The highest BCUT2D eigenvalue weighted by atomic mass is 35.5. The molecule has 0 aromatic heterocycles. The monoisotopic (exact) mass is 412 g/mol. The topological polar surface area (TPSA) is 62.1 Å². The fraction of sp³-hybridized carbons (Fsp3) is 0.318. The Kier molecular flexibility index (Phi) is 5.39. The lowest BCUT2D eigenvalue weighted by atomic mass is 10.1. The van der Waals surface area contributed by atoms with Gasteiger partial charge >= 0.3 is 0 Å². The Labute approximate surface area is 174 Å². The average Bonchev–Trinajstić information content (AvgIpc) is 3.00. The van der Waals surface area contributed by atoms with Gasteiger partial charge in [0, 0.05) is 10.6 Å². The number of nitrogens with zero attached hydrogens (tertiary/aromatic N) is 2. The maximum atomic E-state index is 13.0. The summed E-state index contributed by atoms with van der Waals surface area (Å²) in [6.45, 7) is 5.38. The van der Waals surface area contributed by atoms with Crippen LogP contribution in [0.1, 0.15) is 33.2 Å². The van der Waals surface area contributed by atoms with Gasteiger partial charge in [0.1, 0.15) is 12.6 Å². The zero-order chi connectivity index (χ0) is 20.5. The smallest absolute Gasteiger partial charge is 0.262 e. The molecule has 0 saturated carbocycles. The van der Waals surface area contributed by atoms with Gasteiger partial charge in [-0.2, -0.15) is 0 Å². The molecule has 0 radical (unpaired) electrons. The van der Waals surface area contributed by atoms with Gasteiger partial charge < -0.3 is 9.80 Å². The van der Waals surface area contributed by atoms with Crippen molar-refractivity contribution in [3.63, 3.8) is 0 Å². The molecule has 29 heavy (non-hydrogen) atoms. The molecule has 150 valence electrons. The van der Waals surface area contributed by atoms with Crippen molar-refractivity contribution in [1.82, 2.24) is 9.80 Å². The maximum Gasteiger partial charge on any atom is 0.262 e. The van der Waals surface area contributed by atoms with Crippen molar-refractivity contribution >= 4 is 29.3 Å². The minimum absolute atomic E-state index is 0.176. The second kappa shape index (κ2) is 7.97. The second-order valence-electron chi connectivity index (χ2n) is 7.58. The van der Waals surface area contributed by atoms with Crippen molar-refractivity contribution < 1.29 is 19.3 Å². The molecule has 2 aliphatic rings. The van der Waals surface area contributed by atoms with E-state index in [0.717, 1.165) is 29.6 Å². The Bertz CT molecular complexity index is 917. The molecule has 1 unspecified atom stereocenters. The van der Waals surface area contributed by atoms with Crippen LogP contribution in [0.4, 0.5) is 0 Å². The zero-order valence-electron chi connectivity index (χ0n) is 16.2. The van der Waals surface area contributed by atoms with Crippen LogP contribution in [0.2, 0.25) is 5.02 Å². The Hall–Kier alpha value is -2.70. The number of imide groups is 1. The summed E-state index contributed by atoms with van der Waals surface area (Å²) in [5.74, 6) is -0.957. The molecule has 6 nitrogen and oxygen atoms in total. The predicted molar refractivity (Wildman–Crippen MR) is 109 cm³/mol. The summed E-state index contributed by atoms with van der Waals surface area (Å²) >= 11 is 5.94. The van der Waals surface area contributed by atoms with E-state index < -0.39 is 17.9 Å². The van der Waals surface area contributed by atoms with Gasteiger partial charge in [-0.15, -0.1) is 0 Å². The SMILES string of the molecule is CC(C(=O)N1CC[NH+](Cc2ccc(Cl)cc2)CC1)N1C(=O)c2ccccc2C1=O. The van der Waals surface area contributed by atoms with E-state index in [0.29, 0.717) is 24.2 Å². The van der Waals surface area contributed by atoms with Gasteiger partial charge in [-0.3, -0.25) is 19.3 Å². The Morgan fingerprint density at radius 3 is 2.10 bits per heavy atom. The Morgan fingerprint density at radius 2 is 1.55 bits per heavy atom. The predicted octanol–water partition coefficient (Wildman–Crippen LogP) is 1.25. The van der Waals surface area contributed by atoms with Crippen molar-refractivity contribution in [2.24, 2.45) is 0 Å². The fourth-order valence-electron chi connectivity index (χ4n) is 4.05. The fourth-order valence-corrected chi connectivity index (χ4v) is 4.17. The normalized spacial score (nSPS) is 18.1. The number of amides is 3. The third-order valence-electron chi connectivity index (χ3n) is 5.72.